The van der Waals surface area contributed by atoms with Gasteiger partial charge in [0, 0.05) is 18.0 Å². The summed E-state index contributed by atoms with van der Waals surface area (Å²) in [6, 6.07) is 7.30. The molecule has 0 saturated carbocycles. The van der Waals surface area contributed by atoms with Gasteiger partial charge in [0.2, 0.25) is 0 Å². The molecule has 1 aliphatic rings. The number of rotatable bonds is 1. The van der Waals surface area contributed by atoms with E-state index < -0.39 is 0 Å². The van der Waals surface area contributed by atoms with Gasteiger partial charge in [0.1, 0.15) is 0 Å². The molecule has 0 saturated heterocycles. The van der Waals surface area contributed by atoms with Crippen molar-refractivity contribution in [3.63, 3.8) is 0 Å². The Balaban J connectivity index is 1.97. The molecule has 2 N–H and O–H groups in total. The summed E-state index contributed by atoms with van der Waals surface area (Å²) >= 11 is 6.18. The van der Waals surface area contributed by atoms with Gasteiger partial charge in [0.05, 0.1) is 16.3 Å². The van der Waals surface area contributed by atoms with Gasteiger partial charge in [-0.15, -0.1) is 5.10 Å². The Hall–Kier alpha value is -2.93. The molecule has 0 unspecified atom stereocenters. The number of aromatic nitrogens is 4. The second kappa shape index (κ2) is 4.81. The molecule has 0 aliphatic carbocycles. The Morgan fingerprint density at radius 2 is 2.05 bits per heavy atom. The largest absolute Gasteiger partial charge is 0.306 e. The van der Waals surface area contributed by atoms with Crippen molar-refractivity contribution in [1.82, 2.24) is 30.4 Å². The Morgan fingerprint density at radius 3 is 2.91 bits per heavy atom. The number of carbonyl (C=O) groups is 1. The van der Waals surface area contributed by atoms with Crippen LogP contribution in [0.25, 0.3) is 23.2 Å². The van der Waals surface area contributed by atoms with Gasteiger partial charge >= 0.3 is 0 Å². The predicted octanol–water partition coefficient (Wildman–Crippen LogP) is 1.66. The van der Waals surface area contributed by atoms with Crippen LogP contribution in [0, 0.1) is 0 Å². The molecule has 1 aliphatic heterocycles. The third-order valence-electron chi connectivity index (χ3n) is 3.27. The summed E-state index contributed by atoms with van der Waals surface area (Å²) in [5.41, 5.74) is 6.89. The van der Waals surface area contributed by atoms with Crippen molar-refractivity contribution in [3.8, 4) is 11.4 Å². The number of fused-ring (bicyclic) bond motifs is 3. The van der Waals surface area contributed by atoms with E-state index in [4.69, 9.17) is 11.6 Å². The number of carbonyl (C=O) groups excluding carboxylic acids is 1. The summed E-state index contributed by atoms with van der Waals surface area (Å²) in [4.78, 5) is 20.5. The highest BCUT2D eigenvalue weighted by molar-refractivity contribution is 6.33. The Morgan fingerprint density at radius 1 is 1.18 bits per heavy atom. The summed E-state index contributed by atoms with van der Waals surface area (Å²) in [5.74, 6) is 0.565. The average molecular weight is 313 g/mol. The molecule has 0 radical (unpaired) electrons. The van der Waals surface area contributed by atoms with E-state index in [0.29, 0.717) is 33.4 Å². The molecule has 1 amide bonds. The molecule has 0 bridgehead atoms. The van der Waals surface area contributed by atoms with E-state index in [1.54, 1.807) is 18.3 Å². The van der Waals surface area contributed by atoms with Gasteiger partial charge in [-0.1, -0.05) is 23.7 Å². The Labute approximate surface area is 129 Å². The maximum absolute atomic E-state index is 11.9. The molecule has 0 fully saturated rings. The smallest absolute Gasteiger partial charge is 0.273 e. The van der Waals surface area contributed by atoms with Crippen molar-refractivity contribution in [2.45, 2.75) is 0 Å². The Bertz CT molecular complexity index is 932. The fourth-order valence-corrected chi connectivity index (χ4v) is 2.46. The van der Waals surface area contributed by atoms with E-state index >= 15 is 0 Å². The van der Waals surface area contributed by atoms with Crippen LogP contribution in [0.4, 0.5) is 0 Å². The number of nitrogens with zero attached hydrogens (tertiary/aromatic N) is 4. The third-order valence-corrected chi connectivity index (χ3v) is 3.60. The molecule has 8 heteroatoms. The molecule has 108 valence electrons. The summed E-state index contributed by atoms with van der Waals surface area (Å²) < 4.78 is 1.52. The van der Waals surface area contributed by atoms with E-state index in [2.05, 4.69) is 25.9 Å². The van der Waals surface area contributed by atoms with Crippen molar-refractivity contribution in [2.75, 3.05) is 0 Å². The topological polar surface area (TPSA) is 84.2 Å². The lowest BCUT2D eigenvalue weighted by Gasteiger charge is -2.03. The molecule has 0 spiro atoms. The zero-order valence-corrected chi connectivity index (χ0v) is 11.9. The monoisotopic (exact) mass is 312 g/mol. The number of amides is 1. The lowest BCUT2D eigenvalue weighted by Crippen LogP contribution is -2.32. The number of halogens is 1. The van der Waals surface area contributed by atoms with Gasteiger partial charge in [-0.25, -0.2) is 4.98 Å². The van der Waals surface area contributed by atoms with E-state index in [0.717, 1.165) is 0 Å². The number of benzene rings is 1. The van der Waals surface area contributed by atoms with Crippen LogP contribution >= 0.6 is 11.6 Å². The summed E-state index contributed by atoms with van der Waals surface area (Å²) in [6.45, 7) is 0. The van der Waals surface area contributed by atoms with Crippen molar-refractivity contribution in [2.24, 2.45) is 0 Å². The first-order valence-corrected chi connectivity index (χ1v) is 6.85. The van der Waals surface area contributed by atoms with Gasteiger partial charge in [0.15, 0.2) is 5.82 Å². The van der Waals surface area contributed by atoms with Crippen LogP contribution in [0.15, 0.2) is 36.7 Å². The number of hydrogen-bond donors (Lipinski definition) is 2. The highest BCUT2D eigenvalue weighted by Gasteiger charge is 2.19. The maximum atomic E-state index is 11.9. The lowest BCUT2D eigenvalue weighted by molar-refractivity contribution is 0.0941. The van der Waals surface area contributed by atoms with Crippen molar-refractivity contribution in [3.05, 3.63) is 52.9 Å². The Kier molecular flexibility index (Phi) is 2.80. The second-order valence-electron chi connectivity index (χ2n) is 4.62. The molecule has 0 atom stereocenters. The van der Waals surface area contributed by atoms with Crippen LogP contribution in [0.1, 0.15) is 16.1 Å². The molecule has 1 aromatic carbocycles. The predicted molar refractivity (Wildman–Crippen MR) is 80.9 cm³/mol. The summed E-state index contributed by atoms with van der Waals surface area (Å²) in [7, 11) is 0. The van der Waals surface area contributed by atoms with Crippen LogP contribution in [-0.4, -0.2) is 25.5 Å². The minimum absolute atomic E-state index is 0.288. The first-order valence-electron chi connectivity index (χ1n) is 6.47. The van der Waals surface area contributed by atoms with Gasteiger partial charge in [0.25, 0.3) is 11.7 Å². The van der Waals surface area contributed by atoms with E-state index in [1.807, 2.05) is 18.2 Å². The SMILES string of the molecule is O=C1NNC=Cc2c1cnc1nc(-c3ccccc3Cl)nn21. The third kappa shape index (κ3) is 1.91. The fraction of sp³-hybridized carbons (Fsp3) is 0. The first kappa shape index (κ1) is 12.8. The normalized spacial score (nSPS) is 13.4. The van der Waals surface area contributed by atoms with Gasteiger partial charge in [-0.2, -0.15) is 9.50 Å². The molecular weight excluding hydrogens is 304 g/mol. The molecule has 7 nitrogen and oxygen atoms in total. The molecular formula is C14H9ClN6O. The minimum Gasteiger partial charge on any atom is -0.306 e. The quantitative estimate of drug-likeness (QED) is 0.714. The van der Waals surface area contributed by atoms with Crippen molar-refractivity contribution >= 4 is 29.4 Å². The van der Waals surface area contributed by atoms with Gasteiger partial charge < -0.3 is 5.43 Å². The highest BCUT2D eigenvalue weighted by atomic mass is 35.5. The van der Waals surface area contributed by atoms with Crippen LogP contribution < -0.4 is 10.9 Å². The second-order valence-corrected chi connectivity index (χ2v) is 5.02. The number of nitrogens with one attached hydrogen (secondary N) is 2. The fourth-order valence-electron chi connectivity index (χ4n) is 2.24. The average Bonchev–Trinajstić information content (AvgIpc) is 2.86. The summed E-state index contributed by atoms with van der Waals surface area (Å²) in [5, 5.41) is 4.99. The minimum atomic E-state index is -0.288. The number of hydrogen-bond acceptors (Lipinski definition) is 5. The molecule has 2 aromatic heterocycles. The van der Waals surface area contributed by atoms with Crippen LogP contribution in [0.3, 0.4) is 0 Å². The molecule has 4 rings (SSSR count). The molecule has 3 aromatic rings. The number of hydrazine groups is 1. The van der Waals surface area contributed by atoms with Crippen LogP contribution in [-0.2, 0) is 0 Å². The standard InChI is InChI=1S/C14H9ClN6O/c15-10-4-2-1-3-8(10)12-18-14-16-7-9-11(21(14)20-12)5-6-17-19-13(9)22/h1-7,17H,(H,19,22). The van der Waals surface area contributed by atoms with E-state index in [1.165, 1.54) is 10.7 Å². The van der Waals surface area contributed by atoms with Crippen molar-refractivity contribution < 1.29 is 4.79 Å². The molecule has 3 heterocycles. The first-order chi connectivity index (χ1) is 10.7. The molecule has 22 heavy (non-hydrogen) atoms. The maximum Gasteiger partial charge on any atom is 0.273 e. The van der Waals surface area contributed by atoms with Gasteiger partial charge in [-0.3, -0.25) is 10.2 Å². The highest BCUT2D eigenvalue weighted by Crippen LogP contribution is 2.25. The van der Waals surface area contributed by atoms with Crippen LogP contribution in [0.2, 0.25) is 5.02 Å². The van der Waals surface area contributed by atoms with Crippen LogP contribution in [0.5, 0.6) is 0 Å². The van der Waals surface area contributed by atoms with Gasteiger partial charge in [-0.05, 0) is 18.2 Å². The zero-order chi connectivity index (χ0) is 15.1. The van der Waals surface area contributed by atoms with Crippen molar-refractivity contribution in [1.29, 1.82) is 0 Å². The van der Waals surface area contributed by atoms with E-state index in [9.17, 15) is 4.79 Å². The lowest BCUT2D eigenvalue weighted by atomic mass is 10.2. The van der Waals surface area contributed by atoms with E-state index in [-0.39, 0.29) is 5.91 Å². The summed E-state index contributed by atoms with van der Waals surface area (Å²) in [6.07, 6.45) is 4.81. The zero-order valence-electron chi connectivity index (χ0n) is 11.1.